The van der Waals surface area contributed by atoms with Crippen molar-refractivity contribution in [3.05, 3.63) is 60.1 Å². The Morgan fingerprint density at radius 2 is 1.94 bits per heavy atom. The van der Waals surface area contributed by atoms with Crippen LogP contribution in [0.25, 0.3) is 0 Å². The minimum atomic E-state index is -0.472. The maximum absolute atomic E-state index is 12.8. The van der Waals surface area contributed by atoms with E-state index in [1.807, 2.05) is 30.3 Å². The Balaban J connectivity index is 1.94. The third-order valence-electron chi connectivity index (χ3n) is 2.44. The van der Waals surface area contributed by atoms with Crippen molar-refractivity contribution in [1.29, 1.82) is 0 Å². The molecule has 0 aliphatic carbocycles. The Morgan fingerprint density at radius 3 is 2.56 bits per heavy atom. The normalized spacial score (nSPS) is 12.6. The van der Waals surface area contributed by atoms with E-state index >= 15 is 0 Å². The molecule has 1 aromatic heterocycles. The monoisotopic (exact) mass is 219 g/mol. The summed E-state index contributed by atoms with van der Waals surface area (Å²) in [5, 5.41) is 3.12. The third kappa shape index (κ3) is 2.70. The van der Waals surface area contributed by atoms with E-state index in [2.05, 4.69) is 5.32 Å². The fourth-order valence-electron chi connectivity index (χ4n) is 1.56. The van der Waals surface area contributed by atoms with Gasteiger partial charge in [-0.05, 0) is 17.7 Å². The summed E-state index contributed by atoms with van der Waals surface area (Å²) in [4.78, 5) is 0. The first-order valence-corrected chi connectivity index (χ1v) is 5.27. The summed E-state index contributed by atoms with van der Waals surface area (Å²) in [6.45, 7) is 0.163. The highest BCUT2D eigenvalue weighted by molar-refractivity contribution is 5.15. The van der Waals surface area contributed by atoms with Crippen molar-refractivity contribution in [2.75, 3.05) is 6.67 Å². The van der Waals surface area contributed by atoms with Crippen LogP contribution < -0.4 is 5.32 Å². The number of nitrogens with one attached hydrogen (secondary N) is 1. The van der Waals surface area contributed by atoms with Gasteiger partial charge in [0.25, 0.3) is 0 Å². The maximum Gasteiger partial charge on any atom is 0.123 e. The van der Waals surface area contributed by atoms with Gasteiger partial charge in [-0.2, -0.15) is 0 Å². The average molecular weight is 219 g/mol. The van der Waals surface area contributed by atoms with Crippen molar-refractivity contribution < 1.29 is 8.81 Å². The Hall–Kier alpha value is -1.61. The molecule has 1 heterocycles. The largest absolute Gasteiger partial charge is 0.468 e. The van der Waals surface area contributed by atoms with Crippen LogP contribution in [0.1, 0.15) is 17.4 Å². The summed E-state index contributed by atoms with van der Waals surface area (Å²) < 4.78 is 18.0. The molecule has 0 aliphatic heterocycles. The third-order valence-corrected chi connectivity index (χ3v) is 2.44. The number of rotatable bonds is 5. The lowest BCUT2D eigenvalue weighted by Crippen LogP contribution is -2.22. The second-order valence-electron chi connectivity index (χ2n) is 3.59. The SMILES string of the molecule is FCC(NCc1ccccc1)c1ccco1. The molecule has 16 heavy (non-hydrogen) atoms. The van der Waals surface area contributed by atoms with Crippen molar-refractivity contribution in [3.8, 4) is 0 Å². The molecule has 0 amide bonds. The highest BCUT2D eigenvalue weighted by atomic mass is 19.1. The first kappa shape index (κ1) is 10.9. The van der Waals surface area contributed by atoms with Crippen molar-refractivity contribution in [1.82, 2.24) is 5.32 Å². The summed E-state index contributed by atoms with van der Waals surface area (Å²) in [6, 6.07) is 13.1. The molecule has 2 aromatic rings. The second-order valence-corrected chi connectivity index (χ2v) is 3.59. The van der Waals surface area contributed by atoms with E-state index in [0.717, 1.165) is 5.56 Å². The quantitative estimate of drug-likeness (QED) is 0.836. The van der Waals surface area contributed by atoms with E-state index in [4.69, 9.17) is 4.42 Å². The smallest absolute Gasteiger partial charge is 0.123 e. The lowest BCUT2D eigenvalue weighted by Gasteiger charge is -2.12. The zero-order valence-corrected chi connectivity index (χ0v) is 8.90. The minimum absolute atomic E-state index is 0.366. The van der Waals surface area contributed by atoms with Crippen LogP contribution in [0.4, 0.5) is 4.39 Å². The molecular formula is C13H14FNO. The van der Waals surface area contributed by atoms with Gasteiger partial charge in [-0.15, -0.1) is 0 Å². The fraction of sp³-hybridized carbons (Fsp3) is 0.231. The van der Waals surface area contributed by atoms with Gasteiger partial charge < -0.3 is 9.73 Å². The Labute approximate surface area is 94.1 Å². The molecular weight excluding hydrogens is 205 g/mol. The van der Waals surface area contributed by atoms with E-state index < -0.39 is 6.67 Å². The standard InChI is InChI=1S/C13H14FNO/c14-9-12(13-7-4-8-16-13)15-10-11-5-2-1-3-6-11/h1-8,12,15H,9-10H2. The van der Waals surface area contributed by atoms with Gasteiger partial charge in [-0.1, -0.05) is 30.3 Å². The van der Waals surface area contributed by atoms with Gasteiger partial charge in [0, 0.05) is 6.54 Å². The molecule has 0 saturated heterocycles. The summed E-state index contributed by atoms with van der Waals surface area (Å²) in [7, 11) is 0. The fourth-order valence-corrected chi connectivity index (χ4v) is 1.56. The first-order valence-electron chi connectivity index (χ1n) is 5.27. The lowest BCUT2D eigenvalue weighted by molar-refractivity contribution is 0.332. The molecule has 0 spiro atoms. The summed E-state index contributed by atoms with van der Waals surface area (Å²) in [6.07, 6.45) is 1.56. The predicted octanol–water partition coefficient (Wildman–Crippen LogP) is 3.08. The second kappa shape index (κ2) is 5.47. The van der Waals surface area contributed by atoms with Crippen molar-refractivity contribution >= 4 is 0 Å². The van der Waals surface area contributed by atoms with Crippen LogP contribution in [0.2, 0.25) is 0 Å². The molecule has 0 bridgehead atoms. The minimum Gasteiger partial charge on any atom is -0.468 e. The van der Waals surface area contributed by atoms with Crippen LogP contribution in [-0.4, -0.2) is 6.67 Å². The highest BCUT2D eigenvalue weighted by Crippen LogP contribution is 2.14. The molecule has 0 saturated carbocycles. The molecule has 2 nitrogen and oxygen atoms in total. The van der Waals surface area contributed by atoms with Crippen LogP contribution in [-0.2, 0) is 6.54 Å². The van der Waals surface area contributed by atoms with Gasteiger partial charge in [-0.25, -0.2) is 4.39 Å². The molecule has 3 heteroatoms. The van der Waals surface area contributed by atoms with Crippen molar-refractivity contribution in [3.63, 3.8) is 0 Å². The highest BCUT2D eigenvalue weighted by Gasteiger charge is 2.12. The maximum atomic E-state index is 12.8. The predicted molar refractivity (Wildman–Crippen MR) is 60.7 cm³/mol. The summed E-state index contributed by atoms with van der Waals surface area (Å²) >= 11 is 0. The summed E-state index contributed by atoms with van der Waals surface area (Å²) in [5.41, 5.74) is 1.13. The number of benzene rings is 1. The van der Waals surface area contributed by atoms with E-state index in [-0.39, 0.29) is 6.04 Å². The van der Waals surface area contributed by atoms with Crippen LogP contribution >= 0.6 is 0 Å². The molecule has 0 radical (unpaired) electrons. The van der Waals surface area contributed by atoms with Crippen molar-refractivity contribution in [2.24, 2.45) is 0 Å². The molecule has 1 aromatic carbocycles. The Kier molecular flexibility index (Phi) is 3.72. The topological polar surface area (TPSA) is 25.2 Å². The Bertz CT molecular complexity index is 399. The van der Waals surface area contributed by atoms with E-state index in [9.17, 15) is 4.39 Å². The van der Waals surface area contributed by atoms with Crippen LogP contribution in [0.5, 0.6) is 0 Å². The van der Waals surface area contributed by atoms with Gasteiger partial charge in [0.1, 0.15) is 12.4 Å². The number of halogens is 1. The number of hydrogen-bond donors (Lipinski definition) is 1. The molecule has 1 N–H and O–H groups in total. The molecule has 0 aliphatic rings. The van der Waals surface area contributed by atoms with Crippen LogP contribution in [0.15, 0.2) is 53.1 Å². The van der Waals surface area contributed by atoms with E-state index in [1.165, 1.54) is 0 Å². The van der Waals surface area contributed by atoms with Crippen molar-refractivity contribution in [2.45, 2.75) is 12.6 Å². The van der Waals surface area contributed by atoms with Crippen LogP contribution in [0, 0.1) is 0 Å². The zero-order valence-electron chi connectivity index (χ0n) is 8.90. The summed E-state index contributed by atoms with van der Waals surface area (Å²) in [5.74, 6) is 0.637. The lowest BCUT2D eigenvalue weighted by atomic mass is 10.2. The van der Waals surface area contributed by atoms with Gasteiger partial charge in [0.15, 0.2) is 0 Å². The van der Waals surface area contributed by atoms with Gasteiger partial charge in [-0.3, -0.25) is 0 Å². The van der Waals surface area contributed by atoms with Gasteiger partial charge in [0.05, 0.1) is 12.3 Å². The molecule has 0 fully saturated rings. The van der Waals surface area contributed by atoms with E-state index in [1.54, 1.807) is 18.4 Å². The number of alkyl halides is 1. The Morgan fingerprint density at radius 1 is 1.12 bits per heavy atom. The molecule has 84 valence electrons. The van der Waals surface area contributed by atoms with Gasteiger partial charge in [0.2, 0.25) is 0 Å². The van der Waals surface area contributed by atoms with Gasteiger partial charge >= 0.3 is 0 Å². The molecule has 1 atom stereocenters. The number of furan rings is 1. The van der Waals surface area contributed by atoms with E-state index in [0.29, 0.717) is 12.3 Å². The molecule has 2 rings (SSSR count). The van der Waals surface area contributed by atoms with Crippen LogP contribution in [0.3, 0.4) is 0 Å². The number of hydrogen-bond acceptors (Lipinski definition) is 2. The average Bonchev–Trinajstić information content (AvgIpc) is 2.85. The zero-order chi connectivity index (χ0) is 11.2. The first-order chi connectivity index (χ1) is 7.90. The molecule has 1 unspecified atom stereocenters.